The van der Waals surface area contributed by atoms with Gasteiger partial charge in [0.25, 0.3) is 5.69 Å². The van der Waals surface area contributed by atoms with Crippen molar-refractivity contribution in [1.82, 2.24) is 5.01 Å². The lowest BCUT2D eigenvalue weighted by Crippen LogP contribution is -2.33. The van der Waals surface area contributed by atoms with Crippen LogP contribution in [0.5, 0.6) is 5.75 Å². The van der Waals surface area contributed by atoms with Gasteiger partial charge in [0.15, 0.2) is 0 Å². The van der Waals surface area contributed by atoms with Crippen molar-refractivity contribution in [3.8, 4) is 5.75 Å². The van der Waals surface area contributed by atoms with E-state index in [0.717, 1.165) is 41.0 Å². The number of benzene rings is 3. The molecule has 0 bridgehead atoms. The SMILES string of the molecule is CCc1ccc(C2=NN3[C@@H](c4ccc([N+](=O)[O-])cc4)Oc4ccccc4[C@@H]3C2)cc1. The lowest BCUT2D eigenvalue weighted by atomic mass is 9.95. The van der Waals surface area contributed by atoms with E-state index in [1.807, 2.05) is 23.2 Å². The molecular weight excluding hydrogens is 378 g/mol. The maximum Gasteiger partial charge on any atom is 0.269 e. The minimum Gasteiger partial charge on any atom is -0.464 e. The van der Waals surface area contributed by atoms with Crippen LogP contribution < -0.4 is 4.74 Å². The number of hydrazone groups is 1. The van der Waals surface area contributed by atoms with Crippen molar-refractivity contribution in [2.24, 2.45) is 5.10 Å². The zero-order chi connectivity index (χ0) is 20.7. The third-order valence-corrected chi connectivity index (χ3v) is 5.78. The fraction of sp³-hybridized carbons (Fsp3) is 0.208. The topological polar surface area (TPSA) is 68.0 Å². The first-order valence-corrected chi connectivity index (χ1v) is 10.1. The summed E-state index contributed by atoms with van der Waals surface area (Å²) in [7, 11) is 0. The summed E-state index contributed by atoms with van der Waals surface area (Å²) >= 11 is 0. The Bertz CT molecular complexity index is 1120. The highest BCUT2D eigenvalue weighted by Gasteiger charge is 2.40. The summed E-state index contributed by atoms with van der Waals surface area (Å²) in [6.45, 7) is 2.14. The quantitative estimate of drug-likeness (QED) is 0.435. The van der Waals surface area contributed by atoms with Crippen molar-refractivity contribution >= 4 is 11.4 Å². The largest absolute Gasteiger partial charge is 0.464 e. The van der Waals surface area contributed by atoms with Gasteiger partial charge < -0.3 is 4.74 Å². The highest BCUT2D eigenvalue weighted by atomic mass is 16.6. The van der Waals surface area contributed by atoms with Gasteiger partial charge in [-0.05, 0) is 35.7 Å². The van der Waals surface area contributed by atoms with E-state index in [9.17, 15) is 10.1 Å². The van der Waals surface area contributed by atoms with E-state index < -0.39 is 11.2 Å². The van der Waals surface area contributed by atoms with Crippen molar-refractivity contribution in [2.45, 2.75) is 32.0 Å². The van der Waals surface area contributed by atoms with Gasteiger partial charge in [0.05, 0.1) is 16.7 Å². The molecule has 0 amide bonds. The molecule has 0 unspecified atom stereocenters. The number of aryl methyl sites for hydroxylation is 1. The van der Waals surface area contributed by atoms with Gasteiger partial charge in [-0.25, -0.2) is 5.01 Å². The molecule has 2 heterocycles. The van der Waals surface area contributed by atoms with Gasteiger partial charge in [0.1, 0.15) is 5.75 Å². The summed E-state index contributed by atoms with van der Waals surface area (Å²) in [4.78, 5) is 10.6. The molecule has 0 saturated carbocycles. The van der Waals surface area contributed by atoms with Gasteiger partial charge in [0, 0.05) is 29.7 Å². The number of non-ortho nitro benzene ring substituents is 1. The van der Waals surface area contributed by atoms with E-state index in [2.05, 4.69) is 37.3 Å². The van der Waals surface area contributed by atoms with E-state index in [-0.39, 0.29) is 11.7 Å². The standard InChI is InChI=1S/C24H21N3O3/c1-2-16-7-9-17(10-8-16)21-15-22-20-5-3-4-6-23(20)30-24(26(22)25-21)18-11-13-19(14-12-18)27(28)29/h3-14,22,24H,2,15H2,1H3/t22-,24+/m0/s1. The maximum atomic E-state index is 11.0. The van der Waals surface area contributed by atoms with Crippen LogP contribution in [-0.4, -0.2) is 15.6 Å². The molecule has 0 N–H and O–H groups in total. The third-order valence-electron chi connectivity index (χ3n) is 5.78. The van der Waals surface area contributed by atoms with Crippen LogP contribution >= 0.6 is 0 Å². The molecule has 3 aromatic carbocycles. The highest BCUT2D eigenvalue weighted by Crippen LogP contribution is 2.47. The Morgan fingerprint density at radius 2 is 1.80 bits per heavy atom. The number of nitro groups is 1. The molecule has 0 fully saturated rings. The van der Waals surface area contributed by atoms with Crippen LogP contribution in [0.2, 0.25) is 0 Å². The number of hydrogen-bond donors (Lipinski definition) is 0. The Labute approximate surface area is 174 Å². The van der Waals surface area contributed by atoms with Crippen molar-refractivity contribution < 1.29 is 9.66 Å². The minimum absolute atomic E-state index is 0.0631. The summed E-state index contributed by atoms with van der Waals surface area (Å²) in [5, 5.41) is 18.0. The van der Waals surface area contributed by atoms with Crippen LogP contribution in [0, 0.1) is 10.1 Å². The Morgan fingerprint density at radius 3 is 2.50 bits per heavy atom. The van der Waals surface area contributed by atoms with Crippen LogP contribution in [0.1, 0.15) is 47.9 Å². The Kier molecular flexibility index (Phi) is 4.47. The summed E-state index contributed by atoms with van der Waals surface area (Å²) in [5.41, 5.74) is 5.45. The van der Waals surface area contributed by atoms with Gasteiger partial charge in [-0.3, -0.25) is 10.1 Å². The van der Waals surface area contributed by atoms with Gasteiger partial charge in [-0.1, -0.05) is 49.4 Å². The molecule has 5 rings (SSSR count). The van der Waals surface area contributed by atoms with Crippen molar-refractivity contribution in [1.29, 1.82) is 0 Å². The number of nitrogens with zero attached hydrogens (tertiary/aromatic N) is 3. The molecule has 0 spiro atoms. The van der Waals surface area contributed by atoms with Crippen LogP contribution in [-0.2, 0) is 6.42 Å². The van der Waals surface area contributed by atoms with Crippen molar-refractivity contribution in [3.05, 3.63) is 105 Å². The molecule has 3 aromatic rings. The molecule has 6 heteroatoms. The van der Waals surface area contributed by atoms with Crippen LogP contribution in [0.4, 0.5) is 5.69 Å². The predicted octanol–water partition coefficient (Wildman–Crippen LogP) is 5.40. The first kappa shape index (κ1) is 18.4. The lowest BCUT2D eigenvalue weighted by Gasteiger charge is -2.38. The number of rotatable bonds is 4. The number of para-hydroxylation sites is 1. The average Bonchev–Trinajstić information content (AvgIpc) is 3.24. The zero-order valence-electron chi connectivity index (χ0n) is 16.6. The summed E-state index contributed by atoms with van der Waals surface area (Å²) in [6, 6.07) is 23.2. The predicted molar refractivity (Wildman–Crippen MR) is 114 cm³/mol. The van der Waals surface area contributed by atoms with Gasteiger partial charge in [-0.2, -0.15) is 5.10 Å². The molecule has 2 aliphatic heterocycles. The third kappa shape index (κ3) is 3.10. The molecule has 6 nitrogen and oxygen atoms in total. The van der Waals surface area contributed by atoms with E-state index >= 15 is 0 Å². The van der Waals surface area contributed by atoms with Crippen molar-refractivity contribution in [2.75, 3.05) is 0 Å². The second-order valence-corrected chi connectivity index (χ2v) is 7.55. The monoisotopic (exact) mass is 399 g/mol. The molecule has 0 aliphatic carbocycles. The maximum absolute atomic E-state index is 11.0. The number of fused-ring (bicyclic) bond motifs is 3. The number of nitro benzene ring substituents is 1. The first-order valence-electron chi connectivity index (χ1n) is 10.1. The van der Waals surface area contributed by atoms with E-state index in [1.165, 1.54) is 17.7 Å². The fourth-order valence-corrected chi connectivity index (χ4v) is 4.12. The van der Waals surface area contributed by atoms with E-state index in [1.54, 1.807) is 12.1 Å². The van der Waals surface area contributed by atoms with Crippen LogP contribution in [0.15, 0.2) is 77.9 Å². The first-order chi connectivity index (χ1) is 14.6. The smallest absolute Gasteiger partial charge is 0.269 e. The highest BCUT2D eigenvalue weighted by molar-refractivity contribution is 6.02. The van der Waals surface area contributed by atoms with Gasteiger partial charge in [-0.15, -0.1) is 0 Å². The summed E-state index contributed by atoms with van der Waals surface area (Å²) < 4.78 is 6.30. The van der Waals surface area contributed by atoms with Gasteiger partial charge in [0.2, 0.25) is 6.23 Å². The van der Waals surface area contributed by atoms with Crippen LogP contribution in [0.3, 0.4) is 0 Å². The molecule has 150 valence electrons. The molecule has 2 aliphatic rings. The summed E-state index contributed by atoms with van der Waals surface area (Å²) in [5.74, 6) is 0.833. The fourth-order valence-electron chi connectivity index (χ4n) is 4.12. The molecule has 2 atom stereocenters. The lowest BCUT2D eigenvalue weighted by molar-refractivity contribution is -0.384. The van der Waals surface area contributed by atoms with Crippen LogP contribution in [0.25, 0.3) is 0 Å². The molecular formula is C24H21N3O3. The molecule has 0 saturated heterocycles. The average molecular weight is 399 g/mol. The minimum atomic E-state index is -0.432. The number of ether oxygens (including phenoxy) is 1. The van der Waals surface area contributed by atoms with E-state index in [4.69, 9.17) is 9.84 Å². The van der Waals surface area contributed by atoms with E-state index in [0.29, 0.717) is 0 Å². The molecule has 0 radical (unpaired) electrons. The number of hydrogen-bond acceptors (Lipinski definition) is 5. The molecule has 30 heavy (non-hydrogen) atoms. The molecule has 0 aromatic heterocycles. The van der Waals surface area contributed by atoms with Crippen molar-refractivity contribution in [3.63, 3.8) is 0 Å². The summed E-state index contributed by atoms with van der Waals surface area (Å²) in [6.07, 6.45) is 1.36. The normalized spacial score (nSPS) is 19.5. The Morgan fingerprint density at radius 1 is 1.07 bits per heavy atom. The zero-order valence-corrected chi connectivity index (χ0v) is 16.6. The second-order valence-electron chi connectivity index (χ2n) is 7.55. The van der Waals surface area contributed by atoms with Gasteiger partial charge >= 0.3 is 0 Å². The Balaban J connectivity index is 1.54. The second kappa shape index (κ2) is 7.30. The Hall–Kier alpha value is -3.67.